The lowest BCUT2D eigenvalue weighted by Crippen LogP contribution is -2.39. The summed E-state index contributed by atoms with van der Waals surface area (Å²) in [6.45, 7) is 1.35. The highest BCUT2D eigenvalue weighted by molar-refractivity contribution is 5.99. The molecule has 1 unspecified atom stereocenters. The number of rotatable bonds is 7. The highest BCUT2D eigenvalue weighted by Crippen LogP contribution is 2.21. The number of likely N-dealkylation sites (tertiary alicyclic amines) is 1. The number of nitrogens with one attached hydrogen (secondary N) is 2. The van der Waals surface area contributed by atoms with Crippen molar-refractivity contribution in [3.05, 3.63) is 42.2 Å². The Hall–Kier alpha value is -3.40. The Labute approximate surface area is 161 Å². The van der Waals surface area contributed by atoms with Gasteiger partial charge in [-0.25, -0.2) is 4.79 Å². The van der Waals surface area contributed by atoms with Gasteiger partial charge in [0.15, 0.2) is 0 Å². The van der Waals surface area contributed by atoms with Crippen molar-refractivity contribution in [2.24, 2.45) is 11.5 Å². The van der Waals surface area contributed by atoms with Gasteiger partial charge in [0.2, 0.25) is 11.8 Å². The number of hydrogen-bond donors (Lipinski definition) is 4. The molecule has 1 saturated heterocycles. The molecule has 10 heteroatoms. The first-order valence-corrected chi connectivity index (χ1v) is 8.92. The Bertz CT molecular complexity index is 880. The van der Waals surface area contributed by atoms with Crippen molar-refractivity contribution in [1.29, 1.82) is 0 Å². The molecule has 4 amide bonds. The Morgan fingerprint density at radius 1 is 1.18 bits per heavy atom. The van der Waals surface area contributed by atoms with Crippen LogP contribution in [0.4, 0.5) is 16.2 Å². The smallest absolute Gasteiger partial charge is 0.323 e. The monoisotopic (exact) mass is 385 g/mol. The van der Waals surface area contributed by atoms with Crippen LogP contribution in [0.5, 0.6) is 0 Å². The second-order valence-corrected chi connectivity index (χ2v) is 6.70. The number of hydrogen-bond acceptors (Lipinski definition) is 5. The molecule has 0 spiro atoms. The molecule has 1 aliphatic heterocycles. The van der Waals surface area contributed by atoms with Crippen LogP contribution in [-0.4, -0.2) is 45.1 Å². The average molecular weight is 385 g/mol. The molecule has 6 N–H and O–H groups in total. The molecule has 0 saturated carbocycles. The Morgan fingerprint density at radius 2 is 1.96 bits per heavy atom. The van der Waals surface area contributed by atoms with E-state index in [1.54, 1.807) is 6.07 Å². The van der Waals surface area contributed by atoms with Gasteiger partial charge in [-0.3, -0.25) is 19.2 Å². The first-order chi connectivity index (χ1) is 13.4. The number of aromatic nitrogens is 2. The number of benzene rings is 1. The summed E-state index contributed by atoms with van der Waals surface area (Å²) < 4.78 is 1.34. The number of nitrogens with two attached hydrogens (primary N) is 2. The standard InChI is InChI=1S/C18H23N7O3/c19-16(26)11-25-10-14(8-21-25)23-18(28)22-13-4-1-3-12(7-13)9-24-6-2-5-15(24)17(20)27/h1,3-4,7-8,10,15H,2,5-6,9,11H2,(H2,19,26)(H2,20,27)(H2,22,23,28). The predicted octanol–water partition coefficient (Wildman–Crippen LogP) is 0.462. The van der Waals surface area contributed by atoms with Crippen molar-refractivity contribution < 1.29 is 14.4 Å². The van der Waals surface area contributed by atoms with E-state index in [0.29, 0.717) is 17.9 Å². The summed E-state index contributed by atoms with van der Waals surface area (Å²) >= 11 is 0. The third-order valence-corrected chi connectivity index (χ3v) is 4.47. The summed E-state index contributed by atoms with van der Waals surface area (Å²) in [5, 5.41) is 9.33. The quantitative estimate of drug-likeness (QED) is 0.546. The fourth-order valence-corrected chi connectivity index (χ4v) is 3.29. The molecule has 10 nitrogen and oxygen atoms in total. The Kier molecular flexibility index (Phi) is 5.90. The molecule has 1 atom stereocenters. The second kappa shape index (κ2) is 8.53. The van der Waals surface area contributed by atoms with Gasteiger partial charge in [-0.15, -0.1) is 0 Å². The van der Waals surface area contributed by atoms with Gasteiger partial charge < -0.3 is 22.1 Å². The molecule has 1 fully saturated rings. The lowest BCUT2D eigenvalue weighted by atomic mass is 10.1. The maximum atomic E-state index is 12.2. The lowest BCUT2D eigenvalue weighted by molar-refractivity contribution is -0.122. The van der Waals surface area contributed by atoms with Crippen molar-refractivity contribution in [2.45, 2.75) is 32.0 Å². The fourth-order valence-electron chi connectivity index (χ4n) is 3.29. The van der Waals surface area contributed by atoms with Crippen LogP contribution in [0.1, 0.15) is 18.4 Å². The minimum absolute atomic E-state index is 0.0614. The number of anilines is 2. The highest BCUT2D eigenvalue weighted by Gasteiger charge is 2.28. The minimum Gasteiger partial charge on any atom is -0.368 e. The molecule has 28 heavy (non-hydrogen) atoms. The topological polar surface area (TPSA) is 148 Å². The minimum atomic E-state index is -0.521. The van der Waals surface area contributed by atoms with Crippen molar-refractivity contribution in [2.75, 3.05) is 17.2 Å². The molecule has 1 aromatic carbocycles. The van der Waals surface area contributed by atoms with Crippen molar-refractivity contribution >= 4 is 29.2 Å². The first-order valence-electron chi connectivity index (χ1n) is 8.92. The van der Waals surface area contributed by atoms with Crippen LogP contribution in [-0.2, 0) is 22.7 Å². The fraction of sp³-hybridized carbons (Fsp3) is 0.333. The largest absolute Gasteiger partial charge is 0.368 e. The normalized spacial score (nSPS) is 16.6. The van der Waals surface area contributed by atoms with E-state index < -0.39 is 11.9 Å². The van der Waals surface area contributed by atoms with E-state index in [9.17, 15) is 14.4 Å². The van der Waals surface area contributed by atoms with Crippen molar-refractivity contribution in [1.82, 2.24) is 14.7 Å². The zero-order valence-corrected chi connectivity index (χ0v) is 15.3. The molecular formula is C18H23N7O3. The SMILES string of the molecule is NC(=O)Cn1cc(NC(=O)Nc2cccc(CN3CCCC3C(N)=O)c2)cn1. The van der Waals surface area contributed by atoms with Crippen LogP contribution in [0.2, 0.25) is 0 Å². The highest BCUT2D eigenvalue weighted by atomic mass is 16.2. The van der Waals surface area contributed by atoms with Gasteiger partial charge in [-0.05, 0) is 37.1 Å². The summed E-state index contributed by atoms with van der Waals surface area (Å²) in [6.07, 6.45) is 4.66. The van der Waals surface area contributed by atoms with E-state index in [1.165, 1.54) is 17.1 Å². The maximum Gasteiger partial charge on any atom is 0.323 e. The van der Waals surface area contributed by atoms with Crippen LogP contribution in [0.3, 0.4) is 0 Å². The molecule has 3 rings (SSSR count). The van der Waals surface area contributed by atoms with Gasteiger partial charge >= 0.3 is 6.03 Å². The van der Waals surface area contributed by atoms with Gasteiger partial charge in [0.25, 0.3) is 0 Å². The van der Waals surface area contributed by atoms with Gasteiger partial charge in [0, 0.05) is 18.4 Å². The molecule has 1 aromatic heterocycles. The Morgan fingerprint density at radius 3 is 2.71 bits per heavy atom. The van der Waals surface area contributed by atoms with E-state index in [1.807, 2.05) is 18.2 Å². The zero-order chi connectivity index (χ0) is 20.1. The molecule has 0 aliphatic carbocycles. The molecule has 0 bridgehead atoms. The van der Waals surface area contributed by atoms with Crippen molar-refractivity contribution in [3.8, 4) is 0 Å². The van der Waals surface area contributed by atoms with E-state index in [0.717, 1.165) is 24.9 Å². The first kappa shape index (κ1) is 19.4. The number of urea groups is 1. The van der Waals surface area contributed by atoms with Crippen LogP contribution in [0, 0.1) is 0 Å². The second-order valence-electron chi connectivity index (χ2n) is 6.70. The lowest BCUT2D eigenvalue weighted by Gasteiger charge is -2.22. The molecule has 2 heterocycles. The summed E-state index contributed by atoms with van der Waals surface area (Å²) in [5.41, 5.74) is 12.6. The zero-order valence-electron chi connectivity index (χ0n) is 15.3. The summed E-state index contributed by atoms with van der Waals surface area (Å²) in [5.74, 6) is -0.824. The predicted molar refractivity (Wildman–Crippen MR) is 103 cm³/mol. The van der Waals surface area contributed by atoms with Gasteiger partial charge in [-0.2, -0.15) is 5.10 Å². The third-order valence-electron chi connectivity index (χ3n) is 4.47. The third kappa shape index (κ3) is 5.07. The number of nitrogens with zero attached hydrogens (tertiary/aromatic N) is 3. The van der Waals surface area contributed by atoms with Crippen LogP contribution in [0.15, 0.2) is 36.7 Å². The van der Waals surface area contributed by atoms with Crippen LogP contribution >= 0.6 is 0 Å². The molecular weight excluding hydrogens is 362 g/mol. The Balaban J connectivity index is 1.58. The molecule has 2 aromatic rings. The molecule has 1 aliphatic rings. The number of carbonyl (C=O) groups excluding carboxylic acids is 3. The maximum absolute atomic E-state index is 12.2. The summed E-state index contributed by atoms with van der Waals surface area (Å²) in [4.78, 5) is 36.7. The van der Waals surface area contributed by atoms with E-state index in [2.05, 4.69) is 20.6 Å². The summed E-state index contributed by atoms with van der Waals surface area (Å²) in [7, 11) is 0. The molecule has 0 radical (unpaired) electrons. The van der Waals surface area contributed by atoms with Crippen LogP contribution < -0.4 is 22.1 Å². The van der Waals surface area contributed by atoms with E-state index >= 15 is 0 Å². The van der Waals surface area contributed by atoms with Crippen molar-refractivity contribution in [3.63, 3.8) is 0 Å². The van der Waals surface area contributed by atoms with Gasteiger partial charge in [-0.1, -0.05) is 12.1 Å². The number of carbonyl (C=O) groups is 3. The van der Waals surface area contributed by atoms with E-state index in [-0.39, 0.29) is 18.5 Å². The molecule has 148 valence electrons. The van der Waals surface area contributed by atoms with Gasteiger partial charge in [0.05, 0.1) is 17.9 Å². The number of primary amides is 2. The van der Waals surface area contributed by atoms with Gasteiger partial charge in [0.1, 0.15) is 6.54 Å². The summed E-state index contributed by atoms with van der Waals surface area (Å²) in [6, 6.07) is 6.73. The van der Waals surface area contributed by atoms with Crippen LogP contribution in [0.25, 0.3) is 0 Å². The van der Waals surface area contributed by atoms with E-state index in [4.69, 9.17) is 11.5 Å². The number of amides is 4. The average Bonchev–Trinajstić information content (AvgIpc) is 3.24.